The van der Waals surface area contributed by atoms with Gasteiger partial charge < -0.3 is 25.6 Å². The second-order valence-electron chi connectivity index (χ2n) is 5.13. The minimum absolute atomic E-state index is 0.0259. The van der Waals surface area contributed by atoms with Crippen LogP contribution in [-0.2, 0) is 9.53 Å². The number of carbonyl (C=O) groups excluding carboxylic acids is 1. The van der Waals surface area contributed by atoms with Crippen molar-refractivity contribution in [2.24, 2.45) is 5.92 Å². The maximum absolute atomic E-state index is 13.5. The quantitative estimate of drug-likeness (QED) is 0.475. The fourth-order valence-corrected chi connectivity index (χ4v) is 2.83. The molecule has 1 aliphatic heterocycles. The van der Waals surface area contributed by atoms with Crippen molar-refractivity contribution in [3.8, 4) is 5.75 Å². The SMILES string of the molecule is CCOC(=O)C1C(c2ccccc2O)NC(=S)NC1(O)C(F)(F)F. The van der Waals surface area contributed by atoms with Crippen molar-refractivity contribution in [3.05, 3.63) is 29.8 Å². The molecule has 3 unspecified atom stereocenters. The highest BCUT2D eigenvalue weighted by molar-refractivity contribution is 7.80. The zero-order valence-corrected chi connectivity index (χ0v) is 13.2. The van der Waals surface area contributed by atoms with Crippen LogP contribution in [-0.4, -0.2) is 39.8 Å². The Balaban J connectivity index is 2.60. The van der Waals surface area contributed by atoms with Crippen LogP contribution >= 0.6 is 12.2 Å². The van der Waals surface area contributed by atoms with E-state index in [0.717, 1.165) is 0 Å². The molecule has 0 bridgehead atoms. The molecule has 1 fully saturated rings. The smallest absolute Gasteiger partial charge is 0.437 e. The number of ether oxygens (including phenoxy) is 1. The lowest BCUT2D eigenvalue weighted by Gasteiger charge is -2.45. The number of para-hydroxylation sites is 1. The summed E-state index contributed by atoms with van der Waals surface area (Å²) in [7, 11) is 0. The third kappa shape index (κ3) is 3.11. The number of hydrogen-bond acceptors (Lipinski definition) is 5. The summed E-state index contributed by atoms with van der Waals surface area (Å²) < 4.78 is 45.1. The zero-order valence-electron chi connectivity index (χ0n) is 12.4. The van der Waals surface area contributed by atoms with Crippen LogP contribution in [0.5, 0.6) is 5.75 Å². The predicted molar refractivity (Wildman–Crippen MR) is 80.8 cm³/mol. The van der Waals surface area contributed by atoms with Crippen molar-refractivity contribution in [2.45, 2.75) is 24.9 Å². The Morgan fingerprint density at radius 1 is 1.42 bits per heavy atom. The molecule has 1 aromatic carbocycles. The van der Waals surface area contributed by atoms with Crippen LogP contribution in [0.3, 0.4) is 0 Å². The van der Waals surface area contributed by atoms with Gasteiger partial charge in [-0.3, -0.25) is 4.79 Å². The Kier molecular flexibility index (Phi) is 4.90. The second-order valence-corrected chi connectivity index (χ2v) is 5.54. The maximum Gasteiger partial charge on any atom is 0.437 e. The first-order valence-electron chi connectivity index (χ1n) is 6.94. The molecular formula is C14H15F3N2O4S. The third-order valence-electron chi connectivity index (χ3n) is 3.62. The van der Waals surface area contributed by atoms with Crippen LogP contribution in [0.15, 0.2) is 24.3 Å². The molecule has 0 saturated carbocycles. The van der Waals surface area contributed by atoms with Gasteiger partial charge in [-0.05, 0) is 25.2 Å². The molecule has 1 saturated heterocycles. The lowest BCUT2D eigenvalue weighted by molar-refractivity contribution is -0.292. The fraction of sp³-hybridized carbons (Fsp3) is 0.429. The molecule has 2 rings (SSSR count). The van der Waals surface area contributed by atoms with E-state index in [0.29, 0.717) is 0 Å². The number of aromatic hydroxyl groups is 1. The van der Waals surface area contributed by atoms with E-state index < -0.39 is 34.9 Å². The van der Waals surface area contributed by atoms with Crippen molar-refractivity contribution in [2.75, 3.05) is 6.61 Å². The average Bonchev–Trinajstić information content (AvgIpc) is 2.45. The van der Waals surface area contributed by atoms with E-state index in [1.165, 1.54) is 31.2 Å². The Hall–Kier alpha value is -2.07. The molecule has 1 heterocycles. The van der Waals surface area contributed by atoms with Crippen LogP contribution < -0.4 is 10.6 Å². The molecule has 0 aliphatic carbocycles. The van der Waals surface area contributed by atoms with Crippen molar-refractivity contribution in [3.63, 3.8) is 0 Å². The normalized spacial score (nSPS) is 27.1. The average molecular weight is 364 g/mol. The fourth-order valence-electron chi connectivity index (χ4n) is 2.55. The number of alkyl halides is 3. The molecular weight excluding hydrogens is 349 g/mol. The van der Waals surface area contributed by atoms with Crippen molar-refractivity contribution in [1.29, 1.82) is 0 Å². The van der Waals surface area contributed by atoms with Crippen LogP contribution in [0.1, 0.15) is 18.5 Å². The lowest BCUT2D eigenvalue weighted by Crippen LogP contribution is -2.73. The minimum Gasteiger partial charge on any atom is -0.508 e. The van der Waals surface area contributed by atoms with Gasteiger partial charge in [0.05, 0.1) is 12.6 Å². The summed E-state index contributed by atoms with van der Waals surface area (Å²) in [5, 5.41) is 23.8. The number of thiocarbonyl (C=S) groups is 1. The van der Waals surface area contributed by atoms with E-state index in [9.17, 15) is 28.2 Å². The van der Waals surface area contributed by atoms with Gasteiger partial charge in [-0.15, -0.1) is 0 Å². The molecule has 4 N–H and O–H groups in total. The van der Waals surface area contributed by atoms with Crippen molar-refractivity contribution < 1.29 is 32.9 Å². The summed E-state index contributed by atoms with van der Waals surface area (Å²) >= 11 is 4.73. The van der Waals surface area contributed by atoms with E-state index in [1.54, 1.807) is 5.32 Å². The summed E-state index contributed by atoms with van der Waals surface area (Å²) in [5.41, 5.74) is -3.67. The Labute approximate surface area is 140 Å². The molecule has 0 spiro atoms. The maximum atomic E-state index is 13.5. The Bertz CT molecular complexity index is 655. The second kappa shape index (κ2) is 6.44. The number of nitrogens with one attached hydrogen (secondary N) is 2. The number of esters is 1. The van der Waals surface area contributed by atoms with Gasteiger partial charge >= 0.3 is 12.1 Å². The molecule has 1 aliphatic rings. The number of phenols is 1. The van der Waals surface area contributed by atoms with Gasteiger partial charge in [0.25, 0.3) is 5.72 Å². The van der Waals surface area contributed by atoms with Gasteiger partial charge in [-0.25, -0.2) is 0 Å². The summed E-state index contributed by atoms with van der Waals surface area (Å²) in [6, 6.07) is 4.07. The molecule has 3 atom stereocenters. The van der Waals surface area contributed by atoms with E-state index in [4.69, 9.17) is 17.0 Å². The Morgan fingerprint density at radius 2 is 2.04 bits per heavy atom. The monoisotopic (exact) mass is 364 g/mol. The van der Waals surface area contributed by atoms with Crippen molar-refractivity contribution >= 4 is 23.3 Å². The van der Waals surface area contributed by atoms with Gasteiger partial charge in [0.1, 0.15) is 11.7 Å². The number of halogens is 3. The topological polar surface area (TPSA) is 90.8 Å². The number of phenolic OH excluding ortho intramolecular Hbond substituents is 1. The van der Waals surface area contributed by atoms with Crippen LogP contribution in [0.25, 0.3) is 0 Å². The lowest BCUT2D eigenvalue weighted by atomic mass is 9.81. The van der Waals surface area contributed by atoms with E-state index >= 15 is 0 Å². The van der Waals surface area contributed by atoms with Gasteiger partial charge in [0, 0.05) is 5.56 Å². The van der Waals surface area contributed by atoms with Gasteiger partial charge in [0.2, 0.25) is 0 Å². The first-order chi connectivity index (χ1) is 11.1. The Morgan fingerprint density at radius 3 is 2.58 bits per heavy atom. The van der Waals surface area contributed by atoms with Gasteiger partial charge in [0.15, 0.2) is 5.11 Å². The van der Waals surface area contributed by atoms with Gasteiger partial charge in [-0.2, -0.15) is 13.2 Å². The highest BCUT2D eigenvalue weighted by atomic mass is 32.1. The number of carbonyl (C=O) groups is 1. The highest BCUT2D eigenvalue weighted by Gasteiger charge is 2.66. The zero-order chi connectivity index (χ0) is 18.1. The van der Waals surface area contributed by atoms with E-state index in [2.05, 4.69) is 5.32 Å². The highest BCUT2D eigenvalue weighted by Crippen LogP contribution is 2.44. The molecule has 1 aromatic rings. The molecule has 6 nitrogen and oxygen atoms in total. The van der Waals surface area contributed by atoms with Crippen LogP contribution in [0.2, 0.25) is 0 Å². The van der Waals surface area contributed by atoms with E-state index in [1.807, 2.05) is 0 Å². The number of hydrogen-bond donors (Lipinski definition) is 4. The number of rotatable bonds is 3. The minimum atomic E-state index is -5.22. The third-order valence-corrected chi connectivity index (χ3v) is 3.84. The summed E-state index contributed by atoms with van der Waals surface area (Å²) in [4.78, 5) is 12.2. The first kappa shape index (κ1) is 18.3. The summed E-state index contributed by atoms with van der Waals surface area (Å²) in [5.74, 6) is -3.76. The summed E-state index contributed by atoms with van der Waals surface area (Å²) in [6.07, 6.45) is -5.22. The standard InChI is InChI=1S/C14H15F3N2O4S/c1-2-23-11(21)9-10(7-5-3-4-6-8(7)20)18-12(24)19-13(9,22)14(15,16)17/h3-6,9-10,20,22H,2H2,1H3,(H2,18,19,24). The predicted octanol–water partition coefficient (Wildman–Crippen LogP) is 1.34. The number of aliphatic hydroxyl groups is 1. The van der Waals surface area contributed by atoms with Crippen LogP contribution in [0, 0.1) is 5.92 Å². The molecule has 0 amide bonds. The van der Waals surface area contributed by atoms with Crippen LogP contribution in [0.4, 0.5) is 13.2 Å². The molecule has 132 valence electrons. The first-order valence-corrected chi connectivity index (χ1v) is 7.35. The molecule has 10 heteroatoms. The molecule has 24 heavy (non-hydrogen) atoms. The van der Waals surface area contributed by atoms with Gasteiger partial charge in [-0.1, -0.05) is 18.2 Å². The largest absolute Gasteiger partial charge is 0.508 e. The number of benzene rings is 1. The molecule has 0 radical (unpaired) electrons. The summed E-state index contributed by atoms with van der Waals surface area (Å²) in [6.45, 7) is 1.25. The van der Waals surface area contributed by atoms with E-state index in [-0.39, 0.29) is 17.9 Å². The molecule has 0 aromatic heterocycles. The van der Waals surface area contributed by atoms with Crippen molar-refractivity contribution in [1.82, 2.24) is 10.6 Å².